The zero-order chi connectivity index (χ0) is 24.3. The van der Waals surface area contributed by atoms with Crippen LogP contribution in [0.15, 0.2) is 36.4 Å². The summed E-state index contributed by atoms with van der Waals surface area (Å²) in [5.41, 5.74) is 1.09. The molecule has 1 heterocycles. The van der Waals surface area contributed by atoms with Gasteiger partial charge in [-0.25, -0.2) is 18.0 Å². The third-order valence-electron chi connectivity index (χ3n) is 4.87. The van der Waals surface area contributed by atoms with E-state index in [1.165, 1.54) is 37.3 Å². The maximum atomic E-state index is 14.4. The van der Waals surface area contributed by atoms with Gasteiger partial charge in [0, 0.05) is 23.7 Å². The maximum Gasteiger partial charge on any atom is 0.408 e. The number of rotatable bonds is 6. The van der Waals surface area contributed by atoms with Crippen LogP contribution in [0.5, 0.6) is 0 Å². The number of hydrogen-bond acceptors (Lipinski definition) is 3. The molecule has 0 bridgehead atoms. The highest BCUT2D eigenvalue weighted by molar-refractivity contribution is 5.91. The first kappa shape index (κ1) is 24.2. The van der Waals surface area contributed by atoms with E-state index < -0.39 is 41.1 Å². The third kappa shape index (κ3) is 6.06. The molecule has 0 aliphatic carbocycles. The van der Waals surface area contributed by atoms with Gasteiger partial charge < -0.3 is 20.4 Å². The van der Waals surface area contributed by atoms with Crippen molar-refractivity contribution in [2.24, 2.45) is 0 Å². The van der Waals surface area contributed by atoms with Gasteiger partial charge in [0.25, 0.3) is 0 Å². The summed E-state index contributed by atoms with van der Waals surface area (Å²) in [6.45, 7) is 6.78. The SMILES string of the molecule is C[C@H](NC(=O)OC(C)(C)C)C(=O)NCCc1c(-c2ccc(F)cc2)[nH]c2c(F)cc(F)cc12. The molecule has 2 amide bonds. The van der Waals surface area contributed by atoms with Crippen LogP contribution in [0.25, 0.3) is 22.2 Å². The summed E-state index contributed by atoms with van der Waals surface area (Å²) < 4.78 is 46.8. The molecule has 33 heavy (non-hydrogen) atoms. The van der Waals surface area contributed by atoms with Crippen molar-refractivity contribution in [3.05, 3.63) is 59.4 Å². The Bertz CT molecular complexity index is 1170. The lowest BCUT2D eigenvalue weighted by molar-refractivity contribution is -0.122. The highest BCUT2D eigenvalue weighted by Crippen LogP contribution is 2.32. The van der Waals surface area contributed by atoms with Gasteiger partial charge in [-0.3, -0.25) is 4.79 Å². The number of aromatic amines is 1. The number of halogens is 3. The number of fused-ring (bicyclic) bond motifs is 1. The monoisotopic (exact) mass is 461 g/mol. The second kappa shape index (κ2) is 9.56. The molecule has 1 aromatic heterocycles. The summed E-state index contributed by atoms with van der Waals surface area (Å²) in [5.74, 6) is -2.35. The number of nitrogens with one attached hydrogen (secondary N) is 3. The van der Waals surface area contributed by atoms with Crippen LogP contribution in [0.4, 0.5) is 18.0 Å². The van der Waals surface area contributed by atoms with Crippen molar-refractivity contribution in [3.8, 4) is 11.3 Å². The molecular weight excluding hydrogens is 435 g/mol. The zero-order valence-corrected chi connectivity index (χ0v) is 18.8. The van der Waals surface area contributed by atoms with E-state index in [-0.39, 0.29) is 18.5 Å². The number of carbonyl (C=O) groups excluding carboxylic acids is 2. The van der Waals surface area contributed by atoms with Crippen molar-refractivity contribution in [3.63, 3.8) is 0 Å². The normalized spacial score (nSPS) is 12.5. The van der Waals surface area contributed by atoms with Gasteiger partial charge in [-0.15, -0.1) is 0 Å². The second-order valence-electron chi connectivity index (χ2n) is 8.70. The van der Waals surface area contributed by atoms with Crippen LogP contribution in [-0.4, -0.2) is 35.2 Å². The molecule has 176 valence electrons. The smallest absolute Gasteiger partial charge is 0.408 e. The average molecular weight is 461 g/mol. The lowest BCUT2D eigenvalue weighted by atomic mass is 10.0. The largest absolute Gasteiger partial charge is 0.444 e. The first-order chi connectivity index (χ1) is 15.4. The first-order valence-electron chi connectivity index (χ1n) is 10.5. The fraction of sp³-hybridized carbons (Fsp3) is 0.333. The summed E-state index contributed by atoms with van der Waals surface area (Å²) in [6, 6.07) is 6.75. The number of benzene rings is 2. The van der Waals surface area contributed by atoms with Crippen molar-refractivity contribution in [1.82, 2.24) is 15.6 Å². The Morgan fingerprint density at radius 3 is 2.36 bits per heavy atom. The molecule has 0 spiro atoms. The molecule has 3 N–H and O–H groups in total. The molecule has 3 rings (SSSR count). The zero-order valence-electron chi connectivity index (χ0n) is 18.8. The predicted octanol–water partition coefficient (Wildman–Crippen LogP) is 4.82. The Kier molecular flexibility index (Phi) is 7.00. The summed E-state index contributed by atoms with van der Waals surface area (Å²) in [7, 11) is 0. The number of aromatic nitrogens is 1. The molecule has 0 unspecified atom stereocenters. The number of carbonyl (C=O) groups is 2. The van der Waals surface area contributed by atoms with Crippen LogP contribution in [-0.2, 0) is 16.0 Å². The lowest BCUT2D eigenvalue weighted by Crippen LogP contribution is -2.46. The Morgan fingerprint density at radius 2 is 1.73 bits per heavy atom. The van der Waals surface area contributed by atoms with E-state index in [0.29, 0.717) is 22.2 Å². The predicted molar refractivity (Wildman–Crippen MR) is 119 cm³/mol. The van der Waals surface area contributed by atoms with E-state index in [1.54, 1.807) is 20.8 Å². The van der Waals surface area contributed by atoms with E-state index in [1.807, 2.05) is 0 Å². The van der Waals surface area contributed by atoms with Gasteiger partial charge >= 0.3 is 6.09 Å². The fourth-order valence-corrected chi connectivity index (χ4v) is 3.41. The fourth-order valence-electron chi connectivity index (χ4n) is 3.41. The van der Waals surface area contributed by atoms with Crippen LogP contribution in [0.1, 0.15) is 33.3 Å². The summed E-state index contributed by atoms with van der Waals surface area (Å²) >= 11 is 0. The lowest BCUT2D eigenvalue weighted by Gasteiger charge is -2.21. The standard InChI is InChI=1S/C24H26F3N3O3/c1-13(29-23(32)33-24(2,3)4)22(31)28-10-9-17-18-11-16(26)12-19(27)21(18)30-20(17)14-5-7-15(25)8-6-14/h5-8,11-13,30H,9-10H2,1-4H3,(H,28,31)(H,29,32)/t13-/m0/s1. The topological polar surface area (TPSA) is 83.2 Å². The van der Waals surface area contributed by atoms with Crippen LogP contribution in [0, 0.1) is 17.5 Å². The first-order valence-corrected chi connectivity index (χ1v) is 10.5. The van der Waals surface area contributed by atoms with Crippen molar-refractivity contribution >= 4 is 22.9 Å². The van der Waals surface area contributed by atoms with E-state index in [2.05, 4.69) is 15.6 Å². The van der Waals surface area contributed by atoms with Crippen molar-refractivity contribution in [1.29, 1.82) is 0 Å². The number of ether oxygens (including phenoxy) is 1. The van der Waals surface area contributed by atoms with Gasteiger partial charge in [0.05, 0.1) is 5.52 Å². The van der Waals surface area contributed by atoms with Crippen molar-refractivity contribution < 1.29 is 27.5 Å². The highest BCUT2D eigenvalue weighted by Gasteiger charge is 2.22. The second-order valence-corrected chi connectivity index (χ2v) is 8.70. The Hall–Kier alpha value is -3.49. The van der Waals surface area contributed by atoms with E-state index in [4.69, 9.17) is 4.74 Å². The van der Waals surface area contributed by atoms with Crippen LogP contribution in [0.2, 0.25) is 0 Å². The summed E-state index contributed by atoms with van der Waals surface area (Å²) in [5, 5.41) is 5.49. The van der Waals surface area contributed by atoms with Crippen molar-refractivity contribution in [2.75, 3.05) is 6.54 Å². The Labute approximate surface area is 189 Å². The number of alkyl carbamates (subject to hydrolysis) is 1. The molecule has 0 radical (unpaired) electrons. The molecule has 3 aromatic rings. The van der Waals surface area contributed by atoms with E-state index >= 15 is 0 Å². The molecule has 0 saturated carbocycles. The average Bonchev–Trinajstić information content (AvgIpc) is 3.05. The van der Waals surface area contributed by atoms with E-state index in [0.717, 1.165) is 6.07 Å². The minimum atomic E-state index is -0.853. The highest BCUT2D eigenvalue weighted by atomic mass is 19.1. The summed E-state index contributed by atoms with van der Waals surface area (Å²) in [6.07, 6.45) is -0.480. The van der Waals surface area contributed by atoms with Gasteiger partial charge in [0.1, 0.15) is 29.1 Å². The van der Waals surface area contributed by atoms with Crippen LogP contribution < -0.4 is 10.6 Å². The van der Waals surface area contributed by atoms with Crippen molar-refractivity contribution in [2.45, 2.75) is 45.8 Å². The molecule has 6 nitrogen and oxygen atoms in total. The molecule has 2 aromatic carbocycles. The minimum absolute atomic E-state index is 0.122. The molecule has 0 fully saturated rings. The number of hydrogen-bond donors (Lipinski definition) is 3. The molecule has 0 saturated heterocycles. The van der Waals surface area contributed by atoms with Gasteiger partial charge in [0.2, 0.25) is 5.91 Å². The molecule has 9 heteroatoms. The van der Waals surface area contributed by atoms with Gasteiger partial charge in [-0.2, -0.15) is 0 Å². The quantitative estimate of drug-likeness (QED) is 0.492. The third-order valence-corrected chi connectivity index (χ3v) is 4.87. The maximum absolute atomic E-state index is 14.4. The minimum Gasteiger partial charge on any atom is -0.444 e. The van der Waals surface area contributed by atoms with Gasteiger partial charge in [-0.05, 0) is 75.6 Å². The molecular formula is C24H26F3N3O3. The number of amides is 2. The van der Waals surface area contributed by atoms with Crippen LogP contribution in [0.3, 0.4) is 0 Å². The van der Waals surface area contributed by atoms with Crippen LogP contribution >= 0.6 is 0 Å². The Balaban J connectivity index is 1.77. The van der Waals surface area contributed by atoms with Gasteiger partial charge in [-0.1, -0.05) is 0 Å². The molecule has 0 aliphatic heterocycles. The summed E-state index contributed by atoms with van der Waals surface area (Å²) in [4.78, 5) is 27.2. The number of H-pyrrole nitrogens is 1. The Morgan fingerprint density at radius 1 is 1.06 bits per heavy atom. The van der Waals surface area contributed by atoms with E-state index in [9.17, 15) is 22.8 Å². The van der Waals surface area contributed by atoms with Gasteiger partial charge in [0.15, 0.2) is 0 Å². The molecule has 0 aliphatic rings. The molecule has 1 atom stereocenters.